The van der Waals surface area contributed by atoms with Gasteiger partial charge in [0.15, 0.2) is 0 Å². The van der Waals surface area contributed by atoms with Gasteiger partial charge in [-0.3, -0.25) is 4.99 Å². The summed E-state index contributed by atoms with van der Waals surface area (Å²) in [4.78, 5) is 6.58. The third-order valence-corrected chi connectivity index (χ3v) is 1.77. The van der Waals surface area contributed by atoms with E-state index in [1.54, 1.807) is 0 Å². The smallest absolute Gasteiger partial charge is 0.100 e. The predicted octanol–water partition coefficient (Wildman–Crippen LogP) is 0.783. The molecule has 0 unspecified atom stereocenters. The lowest BCUT2D eigenvalue weighted by Gasteiger charge is -2.12. The van der Waals surface area contributed by atoms with Crippen molar-refractivity contribution >= 4 is 30.6 Å². The van der Waals surface area contributed by atoms with Crippen molar-refractivity contribution in [3.05, 3.63) is 0 Å². The topological polar surface area (TPSA) is 27.6 Å². The zero-order valence-electron chi connectivity index (χ0n) is 7.54. The van der Waals surface area contributed by atoms with Crippen LogP contribution in [-0.4, -0.2) is 44.5 Å². The zero-order valence-corrected chi connectivity index (χ0v) is 9.17. The largest absolute Gasteiger partial charge is 0.362 e. The number of nitrogens with one attached hydrogen (secondary N) is 1. The van der Waals surface area contributed by atoms with Gasteiger partial charge in [0, 0.05) is 26.6 Å². The van der Waals surface area contributed by atoms with E-state index in [-0.39, 0.29) is 24.8 Å². The maximum absolute atomic E-state index is 4.36. The number of likely N-dealkylation sites (N-methyl/N-ethyl adjacent to an activating group) is 1. The van der Waals surface area contributed by atoms with Gasteiger partial charge in [0.2, 0.25) is 0 Å². The van der Waals surface area contributed by atoms with Crippen LogP contribution in [0.3, 0.4) is 0 Å². The standard InChI is InChI=1S/C7H15N3.2ClH/c1-8-4-3-7-9-5-6-10(7)2;;/h8H,3-6H2,1-2H3;2*1H. The fraction of sp³-hybridized carbons (Fsp3) is 0.857. The van der Waals surface area contributed by atoms with Crippen molar-refractivity contribution in [3.63, 3.8) is 0 Å². The maximum Gasteiger partial charge on any atom is 0.100 e. The molecule has 0 aromatic carbocycles. The number of aliphatic imine (C=N–C) groups is 1. The SMILES string of the molecule is CNCCC1=NCCN1C.Cl.Cl. The Labute approximate surface area is 86.4 Å². The van der Waals surface area contributed by atoms with Gasteiger partial charge in [0.25, 0.3) is 0 Å². The molecule has 0 aliphatic carbocycles. The van der Waals surface area contributed by atoms with Crippen molar-refractivity contribution in [3.8, 4) is 0 Å². The molecule has 0 atom stereocenters. The van der Waals surface area contributed by atoms with Gasteiger partial charge in [-0.25, -0.2) is 0 Å². The number of hydrogen-bond donors (Lipinski definition) is 1. The van der Waals surface area contributed by atoms with E-state index in [2.05, 4.69) is 22.3 Å². The fourth-order valence-corrected chi connectivity index (χ4v) is 1.09. The number of amidine groups is 1. The van der Waals surface area contributed by atoms with Gasteiger partial charge in [-0.05, 0) is 7.05 Å². The van der Waals surface area contributed by atoms with E-state index in [1.165, 1.54) is 5.84 Å². The molecule has 3 nitrogen and oxygen atoms in total. The summed E-state index contributed by atoms with van der Waals surface area (Å²) in [6.45, 7) is 3.11. The van der Waals surface area contributed by atoms with Gasteiger partial charge in [-0.1, -0.05) is 0 Å². The molecule has 12 heavy (non-hydrogen) atoms. The Hall–Kier alpha value is 0.01000. The molecule has 0 radical (unpaired) electrons. The van der Waals surface area contributed by atoms with Crippen molar-refractivity contribution in [2.24, 2.45) is 4.99 Å². The quantitative estimate of drug-likeness (QED) is 0.751. The first-order valence-corrected chi connectivity index (χ1v) is 3.73. The molecule has 1 aliphatic heterocycles. The average molecular weight is 214 g/mol. The molecule has 0 spiro atoms. The molecule has 1 aliphatic rings. The minimum atomic E-state index is 0. The number of halogens is 2. The zero-order chi connectivity index (χ0) is 7.40. The van der Waals surface area contributed by atoms with Crippen molar-refractivity contribution in [1.29, 1.82) is 0 Å². The summed E-state index contributed by atoms with van der Waals surface area (Å²) in [5, 5.41) is 3.11. The van der Waals surface area contributed by atoms with E-state index in [4.69, 9.17) is 0 Å². The monoisotopic (exact) mass is 213 g/mol. The molecule has 0 fully saturated rings. The highest BCUT2D eigenvalue weighted by Crippen LogP contribution is 2.00. The number of rotatable bonds is 3. The molecule has 1 rings (SSSR count). The predicted molar refractivity (Wildman–Crippen MR) is 58.0 cm³/mol. The van der Waals surface area contributed by atoms with E-state index in [0.717, 1.165) is 26.1 Å². The lowest BCUT2D eigenvalue weighted by atomic mass is 10.4. The van der Waals surface area contributed by atoms with Crippen LogP contribution >= 0.6 is 24.8 Å². The van der Waals surface area contributed by atoms with Crippen LogP contribution in [0, 0.1) is 0 Å². The lowest BCUT2D eigenvalue weighted by Crippen LogP contribution is -2.25. The summed E-state index contributed by atoms with van der Waals surface area (Å²) in [6.07, 6.45) is 1.06. The molecule has 0 bridgehead atoms. The Morgan fingerprint density at radius 1 is 1.50 bits per heavy atom. The molecular formula is C7H17Cl2N3. The molecule has 0 amide bonds. The van der Waals surface area contributed by atoms with Crippen molar-refractivity contribution in [1.82, 2.24) is 10.2 Å². The Balaban J connectivity index is 0. The summed E-state index contributed by atoms with van der Waals surface area (Å²) in [5.74, 6) is 1.24. The van der Waals surface area contributed by atoms with Gasteiger partial charge < -0.3 is 10.2 Å². The number of hydrogen-bond acceptors (Lipinski definition) is 3. The first kappa shape index (κ1) is 14.5. The van der Waals surface area contributed by atoms with Crippen LogP contribution in [0.4, 0.5) is 0 Å². The molecule has 74 valence electrons. The summed E-state index contributed by atoms with van der Waals surface area (Å²) < 4.78 is 0. The van der Waals surface area contributed by atoms with Crippen LogP contribution in [0.2, 0.25) is 0 Å². The van der Waals surface area contributed by atoms with E-state index in [9.17, 15) is 0 Å². The van der Waals surface area contributed by atoms with E-state index >= 15 is 0 Å². The summed E-state index contributed by atoms with van der Waals surface area (Å²) >= 11 is 0. The first-order valence-electron chi connectivity index (χ1n) is 3.73. The molecule has 5 heteroatoms. The highest BCUT2D eigenvalue weighted by Gasteiger charge is 2.10. The first-order chi connectivity index (χ1) is 4.84. The second kappa shape index (κ2) is 7.65. The van der Waals surface area contributed by atoms with Crippen LogP contribution in [0.5, 0.6) is 0 Å². The van der Waals surface area contributed by atoms with E-state index in [1.807, 2.05) is 7.05 Å². The van der Waals surface area contributed by atoms with E-state index in [0.29, 0.717) is 0 Å². The van der Waals surface area contributed by atoms with E-state index < -0.39 is 0 Å². The molecule has 0 saturated heterocycles. The molecule has 1 heterocycles. The van der Waals surface area contributed by atoms with Gasteiger partial charge >= 0.3 is 0 Å². The number of nitrogens with zero attached hydrogens (tertiary/aromatic N) is 2. The Morgan fingerprint density at radius 3 is 2.58 bits per heavy atom. The Kier molecular flexibility index (Phi) is 9.26. The van der Waals surface area contributed by atoms with Crippen LogP contribution < -0.4 is 5.32 Å². The maximum atomic E-state index is 4.36. The van der Waals surface area contributed by atoms with Crippen LogP contribution in [0.15, 0.2) is 4.99 Å². The fourth-order valence-electron chi connectivity index (χ4n) is 1.09. The van der Waals surface area contributed by atoms with Gasteiger partial charge in [0.05, 0.1) is 6.54 Å². The second-order valence-electron chi connectivity index (χ2n) is 2.57. The van der Waals surface area contributed by atoms with Crippen molar-refractivity contribution in [2.75, 3.05) is 33.7 Å². The normalized spacial score (nSPS) is 14.8. The Bertz CT molecular complexity index is 139. The van der Waals surface area contributed by atoms with Gasteiger partial charge in [0.1, 0.15) is 5.84 Å². The van der Waals surface area contributed by atoms with Crippen molar-refractivity contribution < 1.29 is 0 Å². The average Bonchev–Trinajstić information content (AvgIpc) is 2.31. The molecule has 0 aromatic rings. The summed E-state index contributed by atoms with van der Waals surface area (Å²) in [5.41, 5.74) is 0. The second-order valence-corrected chi connectivity index (χ2v) is 2.57. The lowest BCUT2D eigenvalue weighted by molar-refractivity contribution is 0.542. The summed E-state index contributed by atoms with van der Waals surface area (Å²) in [6, 6.07) is 0. The third kappa shape index (κ3) is 4.14. The van der Waals surface area contributed by atoms with Crippen molar-refractivity contribution in [2.45, 2.75) is 6.42 Å². The molecular weight excluding hydrogens is 197 g/mol. The minimum Gasteiger partial charge on any atom is -0.362 e. The molecule has 0 aromatic heterocycles. The summed E-state index contributed by atoms with van der Waals surface area (Å²) in [7, 11) is 4.07. The highest BCUT2D eigenvalue weighted by atomic mass is 35.5. The van der Waals surface area contributed by atoms with Crippen LogP contribution in [0.25, 0.3) is 0 Å². The minimum absolute atomic E-state index is 0. The van der Waals surface area contributed by atoms with Gasteiger partial charge in [-0.15, -0.1) is 24.8 Å². The Morgan fingerprint density at radius 2 is 2.17 bits per heavy atom. The third-order valence-electron chi connectivity index (χ3n) is 1.77. The molecule has 1 N–H and O–H groups in total. The molecule has 0 saturated carbocycles. The highest BCUT2D eigenvalue weighted by molar-refractivity contribution is 5.85. The van der Waals surface area contributed by atoms with Crippen LogP contribution in [0.1, 0.15) is 6.42 Å². The van der Waals surface area contributed by atoms with Crippen LogP contribution in [-0.2, 0) is 0 Å². The van der Waals surface area contributed by atoms with Gasteiger partial charge in [-0.2, -0.15) is 0 Å².